The lowest BCUT2D eigenvalue weighted by atomic mass is 10.3. The number of imidazole rings is 1. The standard InChI is InChI=1S/C13H18N4O2S/c1-9(18)12-10(14)11(19-2)13(20-12)16-4-3-6-17-7-5-15-8-17/h5,7-8,16H,3-4,6,14H2,1-2H3. The largest absolute Gasteiger partial charge is 0.492 e. The van der Waals surface area contributed by atoms with E-state index in [4.69, 9.17) is 10.5 Å². The Balaban J connectivity index is 1.95. The van der Waals surface area contributed by atoms with E-state index in [1.807, 2.05) is 10.8 Å². The number of Topliss-reactive ketones (excluding diaryl/α,β-unsaturated/α-hetero) is 1. The molecule has 0 saturated heterocycles. The molecule has 0 aliphatic heterocycles. The molecule has 0 atom stereocenters. The minimum atomic E-state index is -0.0442. The van der Waals surface area contributed by atoms with Crippen LogP contribution in [0.25, 0.3) is 0 Å². The number of nitrogens with one attached hydrogen (secondary N) is 1. The van der Waals surface area contributed by atoms with Gasteiger partial charge < -0.3 is 20.4 Å². The third kappa shape index (κ3) is 3.11. The van der Waals surface area contributed by atoms with Crippen molar-refractivity contribution in [1.82, 2.24) is 9.55 Å². The summed E-state index contributed by atoms with van der Waals surface area (Å²) < 4.78 is 7.28. The molecule has 0 spiro atoms. The van der Waals surface area contributed by atoms with Crippen LogP contribution in [0.5, 0.6) is 5.75 Å². The van der Waals surface area contributed by atoms with Crippen LogP contribution >= 0.6 is 11.3 Å². The molecule has 0 radical (unpaired) electrons. The quantitative estimate of drug-likeness (QED) is 0.604. The summed E-state index contributed by atoms with van der Waals surface area (Å²) in [7, 11) is 1.55. The van der Waals surface area contributed by atoms with Gasteiger partial charge in [0.15, 0.2) is 11.5 Å². The maximum absolute atomic E-state index is 11.5. The molecule has 0 aliphatic rings. The summed E-state index contributed by atoms with van der Waals surface area (Å²) in [5, 5.41) is 4.08. The molecule has 0 bridgehead atoms. The van der Waals surface area contributed by atoms with Gasteiger partial charge >= 0.3 is 0 Å². The number of ether oxygens (including phenoxy) is 1. The first-order chi connectivity index (χ1) is 9.63. The van der Waals surface area contributed by atoms with Gasteiger partial charge in [-0.25, -0.2) is 4.98 Å². The van der Waals surface area contributed by atoms with Crippen molar-refractivity contribution in [3.8, 4) is 5.75 Å². The van der Waals surface area contributed by atoms with Crippen LogP contribution in [0.1, 0.15) is 23.0 Å². The molecular weight excluding hydrogens is 276 g/mol. The smallest absolute Gasteiger partial charge is 0.176 e. The Morgan fingerprint density at radius 3 is 3.00 bits per heavy atom. The zero-order valence-electron chi connectivity index (χ0n) is 11.5. The van der Waals surface area contributed by atoms with Crippen molar-refractivity contribution >= 4 is 27.8 Å². The van der Waals surface area contributed by atoms with E-state index in [1.54, 1.807) is 19.6 Å². The molecule has 0 saturated carbocycles. The molecular formula is C13H18N4O2S. The summed E-state index contributed by atoms with van der Waals surface area (Å²) in [6.07, 6.45) is 6.41. The highest BCUT2D eigenvalue weighted by Crippen LogP contribution is 2.42. The fourth-order valence-corrected chi connectivity index (χ4v) is 2.90. The fraction of sp³-hybridized carbons (Fsp3) is 0.385. The van der Waals surface area contributed by atoms with Gasteiger partial charge in [0.2, 0.25) is 0 Å². The van der Waals surface area contributed by atoms with E-state index in [0.29, 0.717) is 16.3 Å². The molecule has 0 amide bonds. The number of aryl methyl sites for hydroxylation is 1. The van der Waals surface area contributed by atoms with Crippen molar-refractivity contribution in [3.05, 3.63) is 23.6 Å². The third-order valence-electron chi connectivity index (χ3n) is 2.86. The lowest BCUT2D eigenvalue weighted by Crippen LogP contribution is -2.05. The number of hydrogen-bond donors (Lipinski definition) is 2. The first kappa shape index (κ1) is 14.4. The Morgan fingerprint density at radius 1 is 1.60 bits per heavy atom. The van der Waals surface area contributed by atoms with Crippen LogP contribution in [0.3, 0.4) is 0 Å². The first-order valence-corrected chi connectivity index (χ1v) is 7.12. The number of carbonyl (C=O) groups excluding carboxylic acids is 1. The highest BCUT2D eigenvalue weighted by atomic mass is 32.1. The molecule has 2 rings (SSSR count). The molecule has 3 N–H and O–H groups in total. The van der Waals surface area contributed by atoms with Crippen molar-refractivity contribution in [3.63, 3.8) is 0 Å². The van der Waals surface area contributed by atoms with E-state index in [0.717, 1.165) is 24.5 Å². The molecule has 108 valence electrons. The van der Waals surface area contributed by atoms with E-state index in [9.17, 15) is 4.79 Å². The normalized spacial score (nSPS) is 10.5. The number of anilines is 2. The van der Waals surface area contributed by atoms with E-state index in [2.05, 4.69) is 10.3 Å². The van der Waals surface area contributed by atoms with Gasteiger partial charge in [-0.1, -0.05) is 0 Å². The Kier molecular flexibility index (Phi) is 4.62. The topological polar surface area (TPSA) is 82.2 Å². The average Bonchev–Trinajstić information content (AvgIpc) is 3.02. The molecule has 2 heterocycles. The Hall–Kier alpha value is -2.02. The van der Waals surface area contributed by atoms with Crippen molar-refractivity contribution in [2.24, 2.45) is 0 Å². The number of nitrogens with zero attached hydrogens (tertiary/aromatic N) is 2. The first-order valence-electron chi connectivity index (χ1n) is 6.30. The minimum Gasteiger partial charge on any atom is -0.492 e. The number of rotatable bonds is 7. The molecule has 6 nitrogen and oxygen atoms in total. The maximum atomic E-state index is 11.5. The fourth-order valence-electron chi connectivity index (χ4n) is 1.89. The molecule has 7 heteroatoms. The highest BCUT2D eigenvalue weighted by molar-refractivity contribution is 7.19. The van der Waals surface area contributed by atoms with Crippen LogP contribution in [-0.2, 0) is 6.54 Å². The van der Waals surface area contributed by atoms with Gasteiger partial charge in [-0.15, -0.1) is 11.3 Å². The molecule has 0 fully saturated rings. The minimum absolute atomic E-state index is 0.0442. The predicted molar refractivity (Wildman–Crippen MR) is 80.6 cm³/mol. The zero-order valence-corrected chi connectivity index (χ0v) is 12.4. The summed E-state index contributed by atoms with van der Waals surface area (Å²) in [5.74, 6) is 0.514. The van der Waals surface area contributed by atoms with Crippen molar-refractivity contribution in [1.29, 1.82) is 0 Å². The van der Waals surface area contributed by atoms with Crippen molar-refractivity contribution < 1.29 is 9.53 Å². The van der Waals surface area contributed by atoms with Crippen LogP contribution in [0.2, 0.25) is 0 Å². The number of hydrogen-bond acceptors (Lipinski definition) is 6. The zero-order chi connectivity index (χ0) is 14.5. The van der Waals surface area contributed by atoms with E-state index in [1.165, 1.54) is 18.3 Å². The Labute approximate surface area is 121 Å². The number of thiophene rings is 1. The van der Waals surface area contributed by atoms with Crippen LogP contribution in [0.15, 0.2) is 18.7 Å². The second kappa shape index (κ2) is 6.42. The second-order valence-corrected chi connectivity index (χ2v) is 5.36. The lowest BCUT2D eigenvalue weighted by molar-refractivity contribution is 0.102. The van der Waals surface area contributed by atoms with Gasteiger partial charge in [-0.3, -0.25) is 4.79 Å². The summed E-state index contributed by atoms with van der Waals surface area (Å²) in [5.41, 5.74) is 6.33. The number of carbonyl (C=O) groups is 1. The number of nitrogen functional groups attached to an aromatic ring is 1. The SMILES string of the molecule is COc1c(NCCCn2ccnc2)sc(C(C)=O)c1N. The van der Waals surface area contributed by atoms with Gasteiger partial charge in [0, 0.05) is 32.4 Å². The highest BCUT2D eigenvalue weighted by Gasteiger charge is 2.18. The number of methoxy groups -OCH3 is 1. The van der Waals surface area contributed by atoms with Gasteiger partial charge in [-0.2, -0.15) is 0 Å². The lowest BCUT2D eigenvalue weighted by Gasteiger charge is -2.07. The number of nitrogens with two attached hydrogens (primary N) is 1. The third-order valence-corrected chi connectivity index (χ3v) is 4.11. The molecule has 0 unspecified atom stereocenters. The van der Waals surface area contributed by atoms with Crippen LogP contribution in [-0.4, -0.2) is 29.0 Å². The summed E-state index contributed by atoms with van der Waals surface area (Å²) in [6.45, 7) is 3.16. The second-order valence-electron chi connectivity index (χ2n) is 4.34. The molecule has 0 aromatic carbocycles. The average molecular weight is 294 g/mol. The maximum Gasteiger partial charge on any atom is 0.176 e. The van der Waals surface area contributed by atoms with Crippen molar-refractivity contribution in [2.75, 3.05) is 24.7 Å². The van der Waals surface area contributed by atoms with Crippen LogP contribution in [0, 0.1) is 0 Å². The van der Waals surface area contributed by atoms with Gasteiger partial charge in [0.1, 0.15) is 5.00 Å². The Bertz CT molecular complexity index is 577. The van der Waals surface area contributed by atoms with E-state index in [-0.39, 0.29) is 5.78 Å². The van der Waals surface area contributed by atoms with Crippen molar-refractivity contribution in [2.45, 2.75) is 19.9 Å². The monoisotopic (exact) mass is 294 g/mol. The van der Waals surface area contributed by atoms with E-state index >= 15 is 0 Å². The summed E-state index contributed by atoms with van der Waals surface area (Å²) in [4.78, 5) is 16.0. The molecule has 20 heavy (non-hydrogen) atoms. The van der Waals surface area contributed by atoms with Crippen LogP contribution in [0.4, 0.5) is 10.7 Å². The molecule has 2 aromatic heterocycles. The number of ketones is 1. The van der Waals surface area contributed by atoms with E-state index < -0.39 is 0 Å². The van der Waals surface area contributed by atoms with Crippen LogP contribution < -0.4 is 15.8 Å². The summed E-state index contributed by atoms with van der Waals surface area (Å²) in [6, 6.07) is 0. The van der Waals surface area contributed by atoms with Gasteiger partial charge in [0.05, 0.1) is 24.0 Å². The van der Waals surface area contributed by atoms with Gasteiger partial charge in [0.25, 0.3) is 0 Å². The van der Waals surface area contributed by atoms with Gasteiger partial charge in [-0.05, 0) is 6.42 Å². The molecule has 0 aliphatic carbocycles. The summed E-state index contributed by atoms with van der Waals surface area (Å²) >= 11 is 1.34. The Morgan fingerprint density at radius 2 is 2.40 bits per heavy atom. The number of aromatic nitrogens is 2. The molecule has 2 aromatic rings. The predicted octanol–water partition coefficient (Wildman–Crippen LogP) is 2.24.